The summed E-state index contributed by atoms with van der Waals surface area (Å²) in [6.07, 6.45) is 0. The summed E-state index contributed by atoms with van der Waals surface area (Å²) in [5.74, 6) is 0.217. The van der Waals surface area contributed by atoms with Crippen LogP contribution >= 0.6 is 0 Å². The summed E-state index contributed by atoms with van der Waals surface area (Å²) in [4.78, 5) is 29.2. The lowest BCUT2D eigenvalue weighted by atomic mass is 10.1. The normalized spacial score (nSPS) is 15.9. The number of aromatic nitrogens is 2. The third kappa shape index (κ3) is 3.58. The quantitative estimate of drug-likeness (QED) is 0.875. The third-order valence-corrected chi connectivity index (χ3v) is 4.87. The minimum atomic E-state index is -0.124. The van der Waals surface area contributed by atoms with Crippen molar-refractivity contribution in [2.45, 2.75) is 27.3 Å². The van der Waals surface area contributed by atoms with Gasteiger partial charge in [-0.05, 0) is 18.9 Å². The summed E-state index contributed by atoms with van der Waals surface area (Å²) < 4.78 is 1.45. The largest absolute Gasteiger partial charge is 0.332 e. The van der Waals surface area contributed by atoms with Crippen LogP contribution in [0.4, 0.5) is 0 Å². The van der Waals surface area contributed by atoms with Crippen LogP contribution in [-0.4, -0.2) is 53.3 Å². The Hall–Kier alpha value is -2.21. The number of likely N-dealkylation sites (N-methyl/N-ethyl adjacent to an activating group) is 1. The van der Waals surface area contributed by atoms with E-state index >= 15 is 0 Å². The van der Waals surface area contributed by atoms with E-state index in [9.17, 15) is 9.59 Å². The van der Waals surface area contributed by atoms with Crippen molar-refractivity contribution in [3.63, 3.8) is 0 Å². The molecule has 1 aliphatic heterocycles. The van der Waals surface area contributed by atoms with Gasteiger partial charge < -0.3 is 9.80 Å². The van der Waals surface area contributed by atoms with E-state index in [1.807, 2.05) is 36.9 Å². The average molecular weight is 343 g/mol. The Morgan fingerprint density at radius 1 is 1.20 bits per heavy atom. The Bertz CT molecular complexity index is 820. The Kier molecular flexibility index (Phi) is 5.18. The molecule has 1 aromatic heterocycles. The van der Waals surface area contributed by atoms with Gasteiger partial charge in [-0.25, -0.2) is 4.68 Å². The molecule has 0 aliphatic carbocycles. The van der Waals surface area contributed by atoms with Gasteiger partial charge in [0.05, 0.1) is 38.1 Å². The van der Waals surface area contributed by atoms with Crippen LogP contribution in [0, 0.1) is 5.92 Å². The number of quaternary nitrogens is 1. The van der Waals surface area contributed by atoms with Crippen LogP contribution in [0.2, 0.25) is 0 Å². The molecule has 1 aliphatic rings. The number of nitrogens with one attached hydrogen (secondary N) is 1. The summed E-state index contributed by atoms with van der Waals surface area (Å²) in [5, 5.41) is 5.69. The Balaban J connectivity index is 2.01. The molecule has 0 radical (unpaired) electrons. The van der Waals surface area contributed by atoms with E-state index in [0.717, 1.165) is 32.7 Å². The maximum Gasteiger partial charge on any atom is 0.275 e. The predicted octanol–water partition coefficient (Wildman–Crippen LogP) is 0.413. The maximum atomic E-state index is 13.1. The number of piperazine rings is 1. The molecular formula is C19H27N4O2+. The van der Waals surface area contributed by atoms with Crippen molar-refractivity contribution in [2.75, 3.05) is 32.7 Å². The van der Waals surface area contributed by atoms with Crippen LogP contribution in [0.25, 0.3) is 10.8 Å². The van der Waals surface area contributed by atoms with Gasteiger partial charge in [-0.2, -0.15) is 5.10 Å². The van der Waals surface area contributed by atoms with Gasteiger partial charge in [0, 0.05) is 11.9 Å². The molecule has 25 heavy (non-hydrogen) atoms. The Morgan fingerprint density at radius 3 is 2.44 bits per heavy atom. The molecule has 0 saturated carbocycles. The number of carbonyl (C=O) groups is 1. The Labute approximate surface area is 148 Å². The van der Waals surface area contributed by atoms with Gasteiger partial charge in [0.1, 0.15) is 0 Å². The van der Waals surface area contributed by atoms with E-state index in [1.54, 1.807) is 6.07 Å². The number of rotatable bonds is 4. The van der Waals surface area contributed by atoms with Gasteiger partial charge in [0.15, 0.2) is 5.69 Å². The van der Waals surface area contributed by atoms with Gasteiger partial charge in [0.2, 0.25) is 0 Å². The number of benzene rings is 1. The van der Waals surface area contributed by atoms with Gasteiger partial charge in [-0.3, -0.25) is 9.59 Å². The predicted molar refractivity (Wildman–Crippen MR) is 98.0 cm³/mol. The summed E-state index contributed by atoms with van der Waals surface area (Å²) in [7, 11) is 0. The van der Waals surface area contributed by atoms with Crippen molar-refractivity contribution < 1.29 is 9.69 Å². The second kappa shape index (κ2) is 7.35. The maximum absolute atomic E-state index is 13.1. The molecule has 1 saturated heterocycles. The fraction of sp³-hybridized carbons (Fsp3) is 0.526. The van der Waals surface area contributed by atoms with Crippen molar-refractivity contribution in [3.05, 3.63) is 40.3 Å². The van der Waals surface area contributed by atoms with Crippen molar-refractivity contribution in [2.24, 2.45) is 5.92 Å². The first kappa shape index (κ1) is 17.6. The van der Waals surface area contributed by atoms with Crippen molar-refractivity contribution >= 4 is 16.7 Å². The molecule has 0 unspecified atom stereocenters. The molecule has 1 N–H and O–H groups in total. The summed E-state index contributed by atoms with van der Waals surface area (Å²) in [6, 6.07) is 7.30. The minimum absolute atomic E-state index is 0.0659. The Morgan fingerprint density at radius 2 is 1.84 bits per heavy atom. The molecular weight excluding hydrogens is 316 g/mol. The minimum Gasteiger partial charge on any atom is -0.332 e. The first-order chi connectivity index (χ1) is 12.0. The van der Waals surface area contributed by atoms with Crippen LogP contribution in [-0.2, 0) is 6.54 Å². The molecule has 0 atom stereocenters. The van der Waals surface area contributed by atoms with E-state index in [2.05, 4.69) is 12.0 Å². The SMILES string of the molecule is CC[NH+]1CCN(C(=O)c2nn(CC(C)C)c(=O)c3ccccc23)CC1. The molecule has 1 fully saturated rings. The lowest BCUT2D eigenvalue weighted by molar-refractivity contribution is -0.902. The lowest BCUT2D eigenvalue weighted by Gasteiger charge is -2.31. The van der Waals surface area contributed by atoms with Crippen LogP contribution in [0.5, 0.6) is 0 Å². The zero-order chi connectivity index (χ0) is 18.0. The van der Waals surface area contributed by atoms with Gasteiger partial charge in [0.25, 0.3) is 11.5 Å². The highest BCUT2D eigenvalue weighted by atomic mass is 16.2. The highest BCUT2D eigenvalue weighted by Crippen LogP contribution is 2.16. The molecule has 0 bridgehead atoms. The van der Waals surface area contributed by atoms with Gasteiger partial charge in [-0.1, -0.05) is 32.0 Å². The zero-order valence-corrected chi connectivity index (χ0v) is 15.3. The van der Waals surface area contributed by atoms with Crippen molar-refractivity contribution in [3.8, 4) is 0 Å². The van der Waals surface area contributed by atoms with E-state index in [-0.39, 0.29) is 17.4 Å². The number of hydrogen-bond acceptors (Lipinski definition) is 3. The smallest absolute Gasteiger partial charge is 0.275 e. The van der Waals surface area contributed by atoms with E-state index in [0.29, 0.717) is 23.0 Å². The molecule has 1 aromatic carbocycles. The van der Waals surface area contributed by atoms with Gasteiger partial charge >= 0.3 is 0 Å². The number of hydrogen-bond donors (Lipinski definition) is 1. The molecule has 1 amide bonds. The topological polar surface area (TPSA) is 59.6 Å². The highest BCUT2D eigenvalue weighted by molar-refractivity contribution is 6.04. The van der Waals surface area contributed by atoms with Crippen LogP contribution in [0.15, 0.2) is 29.1 Å². The van der Waals surface area contributed by atoms with E-state index in [4.69, 9.17) is 0 Å². The molecule has 2 aromatic rings. The number of amides is 1. The molecule has 0 spiro atoms. The van der Waals surface area contributed by atoms with E-state index in [1.165, 1.54) is 9.58 Å². The third-order valence-electron chi connectivity index (χ3n) is 4.87. The molecule has 2 heterocycles. The summed E-state index contributed by atoms with van der Waals surface area (Å²) in [5.41, 5.74) is 0.275. The molecule has 134 valence electrons. The van der Waals surface area contributed by atoms with Gasteiger partial charge in [-0.15, -0.1) is 0 Å². The van der Waals surface area contributed by atoms with Crippen LogP contribution in [0.1, 0.15) is 31.3 Å². The first-order valence-corrected chi connectivity index (χ1v) is 9.14. The molecule has 6 heteroatoms. The van der Waals surface area contributed by atoms with Crippen molar-refractivity contribution in [1.29, 1.82) is 0 Å². The fourth-order valence-corrected chi connectivity index (χ4v) is 3.39. The highest BCUT2D eigenvalue weighted by Gasteiger charge is 2.27. The number of fused-ring (bicyclic) bond motifs is 1. The summed E-state index contributed by atoms with van der Waals surface area (Å²) >= 11 is 0. The molecule has 6 nitrogen and oxygen atoms in total. The standard InChI is InChI=1S/C19H26N4O2/c1-4-21-9-11-22(12-10-21)19(25)17-15-7-5-6-8-16(15)18(24)23(20-17)13-14(2)3/h5-8,14H,4,9-13H2,1-3H3/p+1. The second-order valence-corrected chi connectivity index (χ2v) is 7.17. The fourth-order valence-electron chi connectivity index (χ4n) is 3.39. The van der Waals surface area contributed by atoms with Crippen molar-refractivity contribution in [1.82, 2.24) is 14.7 Å². The van der Waals surface area contributed by atoms with E-state index < -0.39 is 0 Å². The monoisotopic (exact) mass is 343 g/mol. The lowest BCUT2D eigenvalue weighted by Crippen LogP contribution is -3.14. The van der Waals surface area contributed by atoms with Crippen LogP contribution in [0.3, 0.4) is 0 Å². The zero-order valence-electron chi connectivity index (χ0n) is 15.3. The number of nitrogens with zero attached hydrogens (tertiary/aromatic N) is 3. The average Bonchev–Trinajstić information content (AvgIpc) is 2.63. The second-order valence-electron chi connectivity index (χ2n) is 7.17. The number of carbonyl (C=O) groups excluding carboxylic acids is 1. The summed E-state index contributed by atoms with van der Waals surface area (Å²) in [6.45, 7) is 11.2. The first-order valence-electron chi connectivity index (χ1n) is 9.14. The van der Waals surface area contributed by atoms with Crippen LogP contribution < -0.4 is 10.5 Å². The molecule has 3 rings (SSSR count).